The molecule has 1 saturated heterocycles. The molecule has 2 aromatic rings. The number of carbonyl (C=O) groups excluding carboxylic acids is 2. The molecule has 9 heteroatoms. The minimum Gasteiger partial charge on any atom is -0.463 e. The van der Waals surface area contributed by atoms with E-state index in [1.165, 1.54) is 23.2 Å². The molecular weight excluding hydrogens is 434 g/mol. The average Bonchev–Trinajstić information content (AvgIpc) is 3.30. The highest BCUT2D eigenvalue weighted by Gasteiger charge is 2.33. The molecule has 2 aliphatic rings. The maximum atomic E-state index is 13.1. The molecule has 0 bridgehead atoms. The number of esters is 2. The predicted octanol–water partition coefficient (Wildman–Crippen LogP) is 3.09. The van der Waals surface area contributed by atoms with E-state index in [9.17, 15) is 18.0 Å². The molecule has 32 heavy (non-hydrogen) atoms. The van der Waals surface area contributed by atoms with Crippen LogP contribution in [0.15, 0.2) is 39.8 Å². The zero-order valence-corrected chi connectivity index (χ0v) is 18.9. The Morgan fingerprint density at radius 2 is 1.81 bits per heavy atom. The maximum Gasteiger partial charge on any atom is 0.374 e. The maximum absolute atomic E-state index is 13.1. The van der Waals surface area contributed by atoms with Crippen LogP contribution in [-0.2, 0) is 43.7 Å². The molecule has 1 aliphatic carbocycles. The minimum atomic E-state index is -3.59. The number of methoxy groups -OCH3 is 1. The predicted molar refractivity (Wildman–Crippen MR) is 114 cm³/mol. The first-order valence-corrected chi connectivity index (χ1v) is 12.3. The van der Waals surface area contributed by atoms with E-state index in [0.717, 1.165) is 31.2 Å². The van der Waals surface area contributed by atoms with Gasteiger partial charge in [-0.15, -0.1) is 0 Å². The third-order valence-corrected chi connectivity index (χ3v) is 8.13. The number of carbonyl (C=O) groups is 2. The van der Waals surface area contributed by atoms with E-state index < -0.39 is 27.9 Å². The van der Waals surface area contributed by atoms with Gasteiger partial charge < -0.3 is 13.9 Å². The normalized spacial score (nSPS) is 17.5. The lowest BCUT2D eigenvalue weighted by Gasteiger charge is -2.30. The second-order valence-corrected chi connectivity index (χ2v) is 10.1. The van der Waals surface area contributed by atoms with Gasteiger partial charge in [0, 0.05) is 18.7 Å². The van der Waals surface area contributed by atoms with Crippen molar-refractivity contribution < 1.29 is 31.9 Å². The number of sulfonamides is 1. The molecule has 1 aromatic carbocycles. The number of nitrogens with zero attached hydrogens (tertiary/aromatic N) is 1. The Bertz CT molecular complexity index is 1100. The lowest BCUT2D eigenvalue weighted by Crippen LogP contribution is -2.40. The van der Waals surface area contributed by atoms with Crippen molar-refractivity contribution in [3.8, 4) is 0 Å². The Hall–Kier alpha value is -2.65. The van der Waals surface area contributed by atoms with Crippen molar-refractivity contribution >= 4 is 22.0 Å². The third-order valence-electron chi connectivity index (χ3n) is 6.23. The molecule has 0 N–H and O–H groups in total. The molecule has 1 aromatic heterocycles. The van der Waals surface area contributed by atoms with Crippen molar-refractivity contribution in [2.24, 2.45) is 5.92 Å². The average molecular weight is 462 g/mol. The first-order valence-electron chi connectivity index (χ1n) is 10.8. The number of hydrogen-bond acceptors (Lipinski definition) is 7. The number of ether oxygens (including phenoxy) is 2. The quantitative estimate of drug-likeness (QED) is 0.609. The molecule has 1 fully saturated rings. The Morgan fingerprint density at radius 3 is 2.53 bits per heavy atom. The Labute approximate surface area is 187 Å². The number of benzene rings is 1. The molecule has 2 heterocycles. The minimum absolute atomic E-state index is 0.00580. The number of hydrogen-bond donors (Lipinski definition) is 0. The molecular formula is C23H27NO7S. The molecule has 0 amide bonds. The van der Waals surface area contributed by atoms with Crippen LogP contribution in [0.4, 0.5) is 0 Å². The van der Waals surface area contributed by atoms with E-state index in [4.69, 9.17) is 9.15 Å². The van der Waals surface area contributed by atoms with Gasteiger partial charge in [0.25, 0.3) is 0 Å². The van der Waals surface area contributed by atoms with Crippen molar-refractivity contribution in [1.29, 1.82) is 0 Å². The summed E-state index contributed by atoms with van der Waals surface area (Å²) < 4.78 is 42.8. The van der Waals surface area contributed by atoms with Crippen LogP contribution in [0.1, 0.15) is 52.9 Å². The van der Waals surface area contributed by atoms with E-state index in [2.05, 4.69) is 4.74 Å². The summed E-state index contributed by atoms with van der Waals surface area (Å²) in [5.74, 6) is -1.43. The third kappa shape index (κ3) is 4.59. The van der Waals surface area contributed by atoms with Gasteiger partial charge in [-0.25, -0.2) is 13.2 Å². The monoisotopic (exact) mass is 461 g/mol. The standard InChI is InChI=1S/C23H27NO7S/c1-29-23(26)21-19(10-13-30-21)15-31-22(25)17-8-11-24(12-9-17)32(27,28)20-7-6-16-4-2-3-5-18(16)14-20/h6-7,10,13-14,17H,2-5,8-9,11-12,15H2,1H3. The van der Waals surface area contributed by atoms with Gasteiger partial charge in [-0.05, 0) is 67.9 Å². The molecule has 0 unspecified atom stereocenters. The topological polar surface area (TPSA) is 103 Å². The zero-order chi connectivity index (χ0) is 22.7. The van der Waals surface area contributed by atoms with Crippen molar-refractivity contribution in [3.05, 3.63) is 53.0 Å². The van der Waals surface area contributed by atoms with Crippen LogP contribution in [-0.4, -0.2) is 44.9 Å². The molecule has 8 nitrogen and oxygen atoms in total. The summed E-state index contributed by atoms with van der Waals surface area (Å²) in [5, 5.41) is 0. The fraction of sp³-hybridized carbons (Fsp3) is 0.478. The number of furan rings is 1. The Kier molecular flexibility index (Phi) is 6.66. The number of aryl methyl sites for hydroxylation is 2. The molecule has 172 valence electrons. The van der Waals surface area contributed by atoms with Gasteiger partial charge in [0.15, 0.2) is 0 Å². The van der Waals surface area contributed by atoms with Crippen LogP contribution in [0.5, 0.6) is 0 Å². The molecule has 0 saturated carbocycles. The van der Waals surface area contributed by atoms with Crippen LogP contribution >= 0.6 is 0 Å². The van der Waals surface area contributed by atoms with E-state index >= 15 is 0 Å². The summed E-state index contributed by atoms with van der Waals surface area (Å²) in [4.78, 5) is 24.5. The number of piperidine rings is 1. The molecule has 0 radical (unpaired) electrons. The van der Waals surface area contributed by atoms with Gasteiger partial charge in [-0.3, -0.25) is 4.79 Å². The van der Waals surface area contributed by atoms with Gasteiger partial charge in [-0.1, -0.05) is 6.07 Å². The van der Waals surface area contributed by atoms with E-state index in [0.29, 0.717) is 23.3 Å². The smallest absolute Gasteiger partial charge is 0.374 e. The Balaban J connectivity index is 1.34. The van der Waals surface area contributed by atoms with E-state index in [-0.39, 0.29) is 25.5 Å². The number of rotatable bonds is 6. The first-order chi connectivity index (χ1) is 15.4. The second kappa shape index (κ2) is 9.46. The molecule has 0 spiro atoms. The van der Waals surface area contributed by atoms with Crippen molar-refractivity contribution in [1.82, 2.24) is 4.31 Å². The van der Waals surface area contributed by atoms with Crippen LogP contribution in [0.3, 0.4) is 0 Å². The molecule has 4 rings (SSSR count). The van der Waals surface area contributed by atoms with Gasteiger partial charge in [0.2, 0.25) is 15.8 Å². The summed E-state index contributed by atoms with van der Waals surface area (Å²) >= 11 is 0. The van der Waals surface area contributed by atoms with Gasteiger partial charge >= 0.3 is 11.9 Å². The molecule has 0 atom stereocenters. The van der Waals surface area contributed by atoms with Crippen LogP contribution in [0, 0.1) is 5.92 Å². The Morgan fingerprint density at radius 1 is 1.09 bits per heavy atom. The summed E-state index contributed by atoms with van der Waals surface area (Å²) in [6.45, 7) is 0.421. The summed E-state index contributed by atoms with van der Waals surface area (Å²) in [6.07, 6.45) is 6.26. The van der Waals surface area contributed by atoms with E-state index in [1.807, 2.05) is 12.1 Å². The van der Waals surface area contributed by atoms with Crippen LogP contribution in [0.2, 0.25) is 0 Å². The fourth-order valence-corrected chi connectivity index (χ4v) is 5.86. The zero-order valence-electron chi connectivity index (χ0n) is 18.0. The highest BCUT2D eigenvalue weighted by molar-refractivity contribution is 7.89. The van der Waals surface area contributed by atoms with Gasteiger partial charge in [0.05, 0.1) is 24.2 Å². The summed E-state index contributed by atoms with van der Waals surface area (Å²) in [6, 6.07) is 6.99. The fourth-order valence-electron chi connectivity index (χ4n) is 4.34. The summed E-state index contributed by atoms with van der Waals surface area (Å²) in [7, 11) is -2.35. The molecule has 1 aliphatic heterocycles. The van der Waals surface area contributed by atoms with Gasteiger partial charge in [-0.2, -0.15) is 4.31 Å². The highest BCUT2D eigenvalue weighted by Crippen LogP contribution is 2.28. The van der Waals surface area contributed by atoms with Gasteiger partial charge in [0.1, 0.15) is 6.61 Å². The first kappa shape index (κ1) is 22.5. The van der Waals surface area contributed by atoms with Crippen molar-refractivity contribution in [2.45, 2.75) is 50.0 Å². The van der Waals surface area contributed by atoms with E-state index in [1.54, 1.807) is 12.1 Å². The lowest BCUT2D eigenvalue weighted by molar-refractivity contribution is -0.151. The van der Waals surface area contributed by atoms with Crippen molar-refractivity contribution in [3.63, 3.8) is 0 Å². The second-order valence-electron chi connectivity index (χ2n) is 8.19. The summed E-state index contributed by atoms with van der Waals surface area (Å²) in [5.41, 5.74) is 2.80. The number of fused-ring (bicyclic) bond motifs is 1. The lowest BCUT2D eigenvalue weighted by atomic mass is 9.92. The van der Waals surface area contributed by atoms with Crippen LogP contribution in [0.25, 0.3) is 0 Å². The highest BCUT2D eigenvalue weighted by atomic mass is 32.2. The van der Waals surface area contributed by atoms with Crippen LogP contribution < -0.4 is 0 Å². The SMILES string of the molecule is COC(=O)c1occc1COC(=O)C1CCN(S(=O)(=O)c2ccc3c(c2)CCCC3)CC1. The van der Waals surface area contributed by atoms with Crippen molar-refractivity contribution in [2.75, 3.05) is 20.2 Å². The largest absolute Gasteiger partial charge is 0.463 e.